The number of amides is 1. The Balaban J connectivity index is 1.53. The van der Waals surface area contributed by atoms with Crippen molar-refractivity contribution in [2.45, 2.75) is 16.9 Å². The van der Waals surface area contributed by atoms with Crippen LogP contribution in [0.25, 0.3) is 0 Å². The second-order valence-electron chi connectivity index (χ2n) is 6.66. The lowest BCUT2D eigenvalue weighted by atomic mass is 10.3. The highest BCUT2D eigenvalue weighted by molar-refractivity contribution is 8.00. The highest BCUT2D eigenvalue weighted by Crippen LogP contribution is 2.23. The zero-order valence-electron chi connectivity index (χ0n) is 17.1. The molecule has 2 heterocycles. The molecule has 0 N–H and O–H groups in total. The molecule has 11 nitrogen and oxygen atoms in total. The molecule has 0 saturated carbocycles. The number of sulfonamides is 1. The van der Waals surface area contributed by atoms with Crippen molar-refractivity contribution in [1.82, 2.24) is 9.21 Å². The number of ether oxygens (including phenoxy) is 1. The summed E-state index contributed by atoms with van der Waals surface area (Å²) in [4.78, 5) is 36.7. The molecule has 32 heavy (non-hydrogen) atoms. The number of hydrogen-bond donors (Lipinski definition) is 0. The summed E-state index contributed by atoms with van der Waals surface area (Å²) in [5.74, 6) is -0.962. The number of nitrogens with zero attached hydrogens (tertiary/aromatic N) is 3. The van der Waals surface area contributed by atoms with E-state index in [1.54, 1.807) is 24.0 Å². The summed E-state index contributed by atoms with van der Waals surface area (Å²) >= 11 is 1.25. The number of carbonyl (C=O) groups excluding carboxylic acids is 2. The predicted molar refractivity (Wildman–Crippen MR) is 114 cm³/mol. The number of rotatable bonds is 8. The number of non-ortho nitro benzene ring substituents is 1. The molecule has 0 aliphatic carbocycles. The molecule has 1 amide bonds. The van der Waals surface area contributed by atoms with Crippen LogP contribution in [0.5, 0.6) is 0 Å². The van der Waals surface area contributed by atoms with Gasteiger partial charge < -0.3 is 14.1 Å². The Bertz CT molecular complexity index is 1090. The summed E-state index contributed by atoms with van der Waals surface area (Å²) in [6.07, 6.45) is 0. The molecule has 0 spiro atoms. The number of piperazine rings is 1. The molecule has 1 aromatic carbocycles. The molecule has 172 valence electrons. The standard InChI is InChI=1S/C19H21N3O8S2/c1-2-29-19(24)16-7-8-18(30-16)32(27,28)21-11-9-20(10-12-21)17(23)13-31-15-5-3-14(4-6-15)22(25)26/h3-8H,2,9-13H2,1H3. The van der Waals surface area contributed by atoms with E-state index in [0.717, 1.165) is 4.90 Å². The molecule has 2 aromatic rings. The van der Waals surface area contributed by atoms with Crippen molar-refractivity contribution in [2.75, 3.05) is 38.5 Å². The maximum atomic E-state index is 12.8. The van der Waals surface area contributed by atoms with Gasteiger partial charge in [-0.25, -0.2) is 13.2 Å². The summed E-state index contributed by atoms with van der Waals surface area (Å²) in [7, 11) is -3.94. The lowest BCUT2D eigenvalue weighted by Gasteiger charge is -2.33. The highest BCUT2D eigenvalue weighted by atomic mass is 32.2. The highest BCUT2D eigenvalue weighted by Gasteiger charge is 2.33. The lowest BCUT2D eigenvalue weighted by molar-refractivity contribution is -0.384. The number of nitro benzene ring substituents is 1. The van der Waals surface area contributed by atoms with Crippen LogP contribution in [-0.2, 0) is 19.6 Å². The topological polar surface area (TPSA) is 140 Å². The minimum Gasteiger partial charge on any atom is -0.460 e. The molecule has 0 radical (unpaired) electrons. The van der Waals surface area contributed by atoms with Crippen molar-refractivity contribution in [3.8, 4) is 0 Å². The second-order valence-corrected chi connectivity index (χ2v) is 9.58. The summed E-state index contributed by atoms with van der Waals surface area (Å²) < 4.78 is 36.7. The van der Waals surface area contributed by atoms with E-state index >= 15 is 0 Å². The average molecular weight is 484 g/mol. The molecule has 1 saturated heterocycles. The van der Waals surface area contributed by atoms with Crippen molar-refractivity contribution in [3.63, 3.8) is 0 Å². The van der Waals surface area contributed by atoms with Gasteiger partial charge in [0.15, 0.2) is 0 Å². The minimum atomic E-state index is -3.94. The van der Waals surface area contributed by atoms with Crippen LogP contribution >= 0.6 is 11.8 Å². The Kier molecular flexibility index (Phi) is 7.53. The molecule has 0 bridgehead atoms. The number of esters is 1. The molecule has 1 fully saturated rings. The summed E-state index contributed by atoms with van der Waals surface area (Å²) in [5, 5.41) is 10.3. The molecule has 1 aromatic heterocycles. The van der Waals surface area contributed by atoms with Crippen LogP contribution in [0.15, 0.2) is 50.8 Å². The minimum absolute atomic E-state index is 0.0241. The first-order valence-electron chi connectivity index (χ1n) is 9.64. The van der Waals surface area contributed by atoms with Gasteiger partial charge in [0, 0.05) is 43.2 Å². The van der Waals surface area contributed by atoms with Gasteiger partial charge in [0.05, 0.1) is 17.3 Å². The van der Waals surface area contributed by atoms with Crippen LogP contribution in [0.1, 0.15) is 17.5 Å². The van der Waals surface area contributed by atoms with Crippen molar-refractivity contribution in [1.29, 1.82) is 0 Å². The van der Waals surface area contributed by atoms with Gasteiger partial charge in [-0.2, -0.15) is 4.31 Å². The maximum Gasteiger partial charge on any atom is 0.374 e. The zero-order valence-corrected chi connectivity index (χ0v) is 18.8. The molecule has 1 aliphatic heterocycles. The number of nitro groups is 1. The Morgan fingerprint density at radius 1 is 1.12 bits per heavy atom. The first-order valence-corrected chi connectivity index (χ1v) is 12.1. The van der Waals surface area contributed by atoms with Crippen molar-refractivity contribution in [3.05, 3.63) is 52.3 Å². The van der Waals surface area contributed by atoms with E-state index in [0.29, 0.717) is 0 Å². The normalized spacial score (nSPS) is 14.8. The van der Waals surface area contributed by atoms with Crippen LogP contribution in [0, 0.1) is 10.1 Å². The summed E-state index contributed by atoms with van der Waals surface area (Å²) in [5.41, 5.74) is -0.0241. The largest absolute Gasteiger partial charge is 0.460 e. The smallest absolute Gasteiger partial charge is 0.374 e. The Morgan fingerprint density at radius 3 is 2.38 bits per heavy atom. The van der Waals surface area contributed by atoms with Gasteiger partial charge in [-0.1, -0.05) is 0 Å². The van der Waals surface area contributed by atoms with Crippen LogP contribution in [0.3, 0.4) is 0 Å². The van der Waals surface area contributed by atoms with Gasteiger partial charge in [0.1, 0.15) is 0 Å². The number of furan rings is 1. The van der Waals surface area contributed by atoms with Gasteiger partial charge in [0.25, 0.3) is 15.7 Å². The van der Waals surface area contributed by atoms with Gasteiger partial charge in [0.2, 0.25) is 16.8 Å². The van der Waals surface area contributed by atoms with Gasteiger partial charge in [-0.05, 0) is 31.2 Å². The van der Waals surface area contributed by atoms with E-state index in [4.69, 9.17) is 9.15 Å². The molecule has 1 aliphatic rings. The van der Waals surface area contributed by atoms with Crippen LogP contribution < -0.4 is 0 Å². The second kappa shape index (κ2) is 10.1. The maximum absolute atomic E-state index is 12.8. The van der Waals surface area contributed by atoms with Crippen LogP contribution in [-0.4, -0.2) is 73.0 Å². The predicted octanol–water partition coefficient (Wildman–Crippen LogP) is 1.99. The van der Waals surface area contributed by atoms with Crippen LogP contribution in [0.2, 0.25) is 0 Å². The van der Waals surface area contributed by atoms with Crippen molar-refractivity contribution in [2.24, 2.45) is 0 Å². The fraction of sp³-hybridized carbons (Fsp3) is 0.368. The third kappa shape index (κ3) is 5.47. The Morgan fingerprint density at radius 2 is 1.78 bits per heavy atom. The number of hydrogen-bond acceptors (Lipinski definition) is 9. The SMILES string of the molecule is CCOC(=O)c1ccc(S(=O)(=O)N2CCN(C(=O)CSc3ccc([N+](=O)[O-])cc3)CC2)o1. The molecular weight excluding hydrogens is 462 g/mol. The van der Waals surface area contributed by atoms with E-state index in [1.165, 1.54) is 40.3 Å². The molecule has 0 atom stereocenters. The zero-order chi connectivity index (χ0) is 23.3. The first-order chi connectivity index (χ1) is 15.2. The van der Waals surface area contributed by atoms with E-state index in [1.807, 2.05) is 0 Å². The first kappa shape index (κ1) is 23.8. The number of benzene rings is 1. The monoisotopic (exact) mass is 483 g/mol. The summed E-state index contributed by atoms with van der Waals surface area (Å²) in [6.45, 7) is 2.37. The van der Waals surface area contributed by atoms with Gasteiger partial charge in [-0.3, -0.25) is 14.9 Å². The Labute approximate surface area is 188 Å². The lowest BCUT2D eigenvalue weighted by Crippen LogP contribution is -2.50. The number of carbonyl (C=O) groups is 2. The fourth-order valence-corrected chi connectivity index (χ4v) is 5.11. The molecular formula is C19H21N3O8S2. The molecule has 3 rings (SSSR count). The van der Waals surface area contributed by atoms with E-state index in [-0.39, 0.29) is 61.0 Å². The number of thioether (sulfide) groups is 1. The van der Waals surface area contributed by atoms with Gasteiger partial charge >= 0.3 is 5.97 Å². The fourth-order valence-electron chi connectivity index (χ4n) is 2.98. The van der Waals surface area contributed by atoms with E-state index in [9.17, 15) is 28.1 Å². The Hall–Kier alpha value is -2.90. The van der Waals surface area contributed by atoms with E-state index in [2.05, 4.69) is 0 Å². The molecule has 0 unspecified atom stereocenters. The van der Waals surface area contributed by atoms with Gasteiger partial charge in [-0.15, -0.1) is 11.8 Å². The average Bonchev–Trinajstić information content (AvgIpc) is 3.29. The van der Waals surface area contributed by atoms with E-state index < -0.39 is 20.9 Å². The third-order valence-electron chi connectivity index (χ3n) is 4.65. The van der Waals surface area contributed by atoms with Crippen molar-refractivity contribution < 1.29 is 32.1 Å². The molecule has 13 heteroatoms. The summed E-state index contributed by atoms with van der Waals surface area (Å²) in [6, 6.07) is 8.36. The van der Waals surface area contributed by atoms with Crippen LogP contribution in [0.4, 0.5) is 5.69 Å². The van der Waals surface area contributed by atoms with Crippen molar-refractivity contribution >= 4 is 39.3 Å². The third-order valence-corrected chi connectivity index (χ3v) is 7.42. The quantitative estimate of drug-likeness (QED) is 0.238.